The van der Waals surface area contributed by atoms with Crippen LogP contribution in [-0.4, -0.2) is 31.1 Å². The normalized spacial score (nSPS) is 29.7. The van der Waals surface area contributed by atoms with Crippen molar-refractivity contribution in [2.45, 2.75) is 60.4 Å². The fourth-order valence-electron chi connectivity index (χ4n) is 3.11. The van der Waals surface area contributed by atoms with Crippen LogP contribution in [0.2, 0.25) is 0 Å². The first-order valence-corrected chi connectivity index (χ1v) is 8.51. The van der Waals surface area contributed by atoms with Gasteiger partial charge in [-0.15, -0.1) is 0 Å². The average Bonchev–Trinajstić information content (AvgIpc) is 2.70. The molecule has 1 aliphatic carbocycles. The molecular weight excluding hydrogens is 246 g/mol. The topological polar surface area (TPSA) is 37.4 Å². The van der Waals surface area contributed by atoms with E-state index in [0.29, 0.717) is 12.5 Å². The Hall–Kier alpha value is -0.0900. The van der Waals surface area contributed by atoms with Gasteiger partial charge in [0.2, 0.25) is 10.0 Å². The minimum absolute atomic E-state index is 0.134. The van der Waals surface area contributed by atoms with E-state index in [0.717, 1.165) is 6.42 Å². The maximum atomic E-state index is 12.0. The Morgan fingerprint density at radius 1 is 1.17 bits per heavy atom. The molecule has 0 aliphatic heterocycles. The van der Waals surface area contributed by atoms with Crippen molar-refractivity contribution in [2.24, 2.45) is 16.7 Å². The summed E-state index contributed by atoms with van der Waals surface area (Å²) in [5.41, 5.74) is 0.0477. The third kappa shape index (κ3) is 3.47. The van der Waals surface area contributed by atoms with Crippen LogP contribution in [0.1, 0.15) is 54.9 Å². The van der Waals surface area contributed by atoms with Gasteiger partial charge in [-0.1, -0.05) is 27.7 Å². The molecule has 0 unspecified atom stereocenters. The summed E-state index contributed by atoms with van der Waals surface area (Å²) in [5.74, 6) is 0.608. The van der Waals surface area contributed by atoms with Crippen LogP contribution in [-0.2, 0) is 10.0 Å². The van der Waals surface area contributed by atoms with Crippen molar-refractivity contribution < 1.29 is 8.42 Å². The Balaban J connectivity index is 2.90. The molecule has 0 aromatic carbocycles. The van der Waals surface area contributed by atoms with Crippen molar-refractivity contribution in [1.29, 1.82) is 0 Å². The van der Waals surface area contributed by atoms with Crippen LogP contribution in [0, 0.1) is 16.7 Å². The second-order valence-electron chi connectivity index (χ2n) is 8.22. The number of hydrogen-bond donors (Lipinski definition) is 0. The number of hydrogen-bond acceptors (Lipinski definition) is 2. The van der Waals surface area contributed by atoms with Gasteiger partial charge in [0, 0.05) is 12.1 Å². The van der Waals surface area contributed by atoms with Crippen LogP contribution < -0.4 is 0 Å². The zero-order valence-corrected chi connectivity index (χ0v) is 14.0. The molecule has 0 bridgehead atoms. The second-order valence-corrected chi connectivity index (χ2v) is 10.1. The van der Waals surface area contributed by atoms with Gasteiger partial charge in [0.05, 0.1) is 6.26 Å². The molecule has 1 aliphatic rings. The van der Waals surface area contributed by atoms with Gasteiger partial charge in [-0.3, -0.25) is 0 Å². The van der Waals surface area contributed by atoms with Crippen LogP contribution >= 0.6 is 0 Å². The molecule has 3 nitrogen and oxygen atoms in total. The van der Waals surface area contributed by atoms with E-state index >= 15 is 0 Å². The summed E-state index contributed by atoms with van der Waals surface area (Å²) in [6.45, 7) is 15.5. The minimum atomic E-state index is -3.15. The second kappa shape index (κ2) is 4.20. The van der Waals surface area contributed by atoms with Gasteiger partial charge in [0.1, 0.15) is 0 Å². The summed E-state index contributed by atoms with van der Waals surface area (Å²) < 4.78 is 25.6. The highest BCUT2D eigenvalue weighted by atomic mass is 32.2. The van der Waals surface area contributed by atoms with Gasteiger partial charge in [0.15, 0.2) is 0 Å². The summed E-state index contributed by atoms with van der Waals surface area (Å²) in [5, 5.41) is 0. The Labute approximate surface area is 113 Å². The van der Waals surface area contributed by atoms with E-state index < -0.39 is 10.0 Å². The van der Waals surface area contributed by atoms with Crippen LogP contribution in [0.15, 0.2) is 0 Å². The first-order chi connectivity index (χ1) is 7.68. The Morgan fingerprint density at radius 3 is 1.83 bits per heavy atom. The lowest BCUT2D eigenvalue weighted by Gasteiger charge is -2.36. The monoisotopic (exact) mass is 275 g/mol. The predicted octanol–water partition coefficient (Wildman–Crippen LogP) is 3.12. The minimum Gasteiger partial charge on any atom is -0.212 e. The summed E-state index contributed by atoms with van der Waals surface area (Å²) in [6, 6.07) is 0. The highest BCUT2D eigenvalue weighted by Crippen LogP contribution is 2.61. The van der Waals surface area contributed by atoms with Crippen molar-refractivity contribution in [3.8, 4) is 0 Å². The number of nitrogens with zero attached hydrogens (tertiary/aromatic N) is 1. The van der Waals surface area contributed by atoms with Gasteiger partial charge >= 0.3 is 0 Å². The molecule has 0 spiro atoms. The SMILES string of the molecule is CC(C)(C)[C@H]1C[C@@]1(C)CN(C(C)(C)C)S(C)(=O)=O. The molecule has 2 atom stereocenters. The molecule has 0 N–H and O–H groups in total. The lowest BCUT2D eigenvalue weighted by Crippen LogP contribution is -2.48. The quantitative estimate of drug-likeness (QED) is 0.793. The van der Waals surface area contributed by atoms with E-state index in [9.17, 15) is 8.42 Å². The third-order valence-electron chi connectivity index (χ3n) is 4.05. The Bertz CT molecular complexity index is 414. The number of rotatable bonds is 3. The summed E-state index contributed by atoms with van der Waals surface area (Å²) in [7, 11) is -3.15. The third-order valence-corrected chi connectivity index (χ3v) is 5.53. The fourth-order valence-corrected chi connectivity index (χ4v) is 4.64. The van der Waals surface area contributed by atoms with Crippen molar-refractivity contribution >= 4 is 10.0 Å². The average molecular weight is 275 g/mol. The molecule has 4 heteroatoms. The maximum Gasteiger partial charge on any atom is 0.211 e. The lowest BCUT2D eigenvalue weighted by atomic mass is 9.85. The van der Waals surface area contributed by atoms with Gasteiger partial charge in [0.25, 0.3) is 0 Å². The molecule has 0 saturated heterocycles. The van der Waals surface area contributed by atoms with Crippen LogP contribution in [0.5, 0.6) is 0 Å². The van der Waals surface area contributed by atoms with Crippen molar-refractivity contribution in [1.82, 2.24) is 4.31 Å². The maximum absolute atomic E-state index is 12.0. The van der Waals surface area contributed by atoms with Gasteiger partial charge in [-0.2, -0.15) is 4.31 Å². The summed E-state index contributed by atoms with van der Waals surface area (Å²) >= 11 is 0. The van der Waals surface area contributed by atoms with E-state index in [-0.39, 0.29) is 16.4 Å². The molecular formula is C14H29NO2S. The molecule has 1 saturated carbocycles. The van der Waals surface area contributed by atoms with Crippen LogP contribution in [0.3, 0.4) is 0 Å². The highest BCUT2D eigenvalue weighted by Gasteiger charge is 2.57. The highest BCUT2D eigenvalue weighted by molar-refractivity contribution is 7.88. The van der Waals surface area contributed by atoms with E-state index in [1.165, 1.54) is 6.26 Å². The van der Waals surface area contributed by atoms with E-state index in [1.807, 2.05) is 20.8 Å². The molecule has 18 heavy (non-hydrogen) atoms. The zero-order valence-electron chi connectivity index (χ0n) is 13.2. The van der Waals surface area contributed by atoms with Gasteiger partial charge in [-0.25, -0.2) is 8.42 Å². The van der Waals surface area contributed by atoms with Crippen molar-refractivity contribution in [2.75, 3.05) is 12.8 Å². The number of sulfonamides is 1. The molecule has 0 aromatic heterocycles. The molecule has 0 radical (unpaired) electrons. The molecule has 0 aromatic rings. The Morgan fingerprint density at radius 2 is 1.61 bits per heavy atom. The van der Waals surface area contributed by atoms with E-state index in [1.54, 1.807) is 4.31 Å². The van der Waals surface area contributed by atoms with Gasteiger partial charge in [-0.05, 0) is 43.9 Å². The molecule has 1 rings (SSSR count). The van der Waals surface area contributed by atoms with Crippen molar-refractivity contribution in [3.63, 3.8) is 0 Å². The molecule has 108 valence electrons. The first-order valence-electron chi connectivity index (χ1n) is 6.66. The Kier molecular flexibility index (Phi) is 3.73. The van der Waals surface area contributed by atoms with Crippen molar-refractivity contribution in [3.05, 3.63) is 0 Å². The lowest BCUT2D eigenvalue weighted by molar-refractivity contribution is 0.188. The standard InChI is InChI=1S/C14H29NO2S/c1-12(2,3)11-9-14(11,7)10-15(13(4,5)6)18(8,16)17/h11H,9-10H2,1-8H3/t11-,14+/m1/s1. The fraction of sp³-hybridized carbons (Fsp3) is 1.00. The first kappa shape index (κ1) is 16.0. The molecule has 1 fully saturated rings. The van der Waals surface area contributed by atoms with E-state index in [2.05, 4.69) is 27.7 Å². The van der Waals surface area contributed by atoms with Crippen LogP contribution in [0.4, 0.5) is 0 Å². The summed E-state index contributed by atoms with van der Waals surface area (Å²) in [4.78, 5) is 0. The van der Waals surface area contributed by atoms with Gasteiger partial charge < -0.3 is 0 Å². The molecule has 0 heterocycles. The smallest absolute Gasteiger partial charge is 0.211 e. The summed E-state index contributed by atoms with van der Waals surface area (Å²) in [6.07, 6.45) is 2.44. The zero-order chi connectivity index (χ0) is 14.6. The largest absolute Gasteiger partial charge is 0.212 e. The molecule has 0 amide bonds. The van der Waals surface area contributed by atoms with E-state index in [4.69, 9.17) is 0 Å². The van der Waals surface area contributed by atoms with Crippen LogP contribution in [0.25, 0.3) is 0 Å². The predicted molar refractivity (Wildman–Crippen MR) is 77.0 cm³/mol.